The third-order valence-corrected chi connectivity index (χ3v) is 5.14. The summed E-state index contributed by atoms with van der Waals surface area (Å²) in [7, 11) is 5.38. The van der Waals surface area contributed by atoms with Crippen LogP contribution in [0.1, 0.15) is 42.9 Å². The molecule has 152 valence electrons. The highest BCUT2D eigenvalue weighted by Gasteiger charge is 2.18. The van der Waals surface area contributed by atoms with Gasteiger partial charge in [0.25, 0.3) is 0 Å². The lowest BCUT2D eigenvalue weighted by molar-refractivity contribution is 0.207. The number of methoxy groups -OCH3 is 1. The van der Waals surface area contributed by atoms with Gasteiger partial charge in [-0.2, -0.15) is 0 Å². The Labute approximate surface area is 166 Å². The fraction of sp³-hybridized carbons (Fsp3) is 0.550. The molecule has 2 N–H and O–H groups in total. The zero-order valence-electron chi connectivity index (χ0n) is 17.2. The van der Waals surface area contributed by atoms with Gasteiger partial charge in [0.15, 0.2) is 11.8 Å². The van der Waals surface area contributed by atoms with Gasteiger partial charge in [-0.3, -0.25) is 4.99 Å². The van der Waals surface area contributed by atoms with E-state index in [-0.39, 0.29) is 0 Å². The molecule has 8 heteroatoms. The summed E-state index contributed by atoms with van der Waals surface area (Å²) in [5.41, 5.74) is 1.07. The van der Waals surface area contributed by atoms with Gasteiger partial charge in [0.05, 0.1) is 19.8 Å². The molecule has 1 saturated carbocycles. The third-order valence-electron chi connectivity index (χ3n) is 5.14. The van der Waals surface area contributed by atoms with Crippen LogP contribution in [0.2, 0.25) is 0 Å². The summed E-state index contributed by atoms with van der Waals surface area (Å²) in [5.74, 6) is 4.11. The molecule has 0 atom stereocenters. The summed E-state index contributed by atoms with van der Waals surface area (Å²) in [4.78, 5) is 4.29. The maximum Gasteiger partial charge on any atom is 0.191 e. The summed E-state index contributed by atoms with van der Waals surface area (Å²) in [6, 6.07) is 5.96. The number of aliphatic imine (C=N–C) groups is 1. The minimum atomic E-state index is 0.294. The fourth-order valence-corrected chi connectivity index (χ4v) is 3.27. The van der Waals surface area contributed by atoms with E-state index in [0.717, 1.165) is 41.6 Å². The molecule has 0 unspecified atom stereocenters. The van der Waals surface area contributed by atoms with Gasteiger partial charge in [0.1, 0.15) is 17.3 Å². The summed E-state index contributed by atoms with van der Waals surface area (Å²) in [6.07, 6.45) is 5.00. The molecule has 2 aromatic rings. The van der Waals surface area contributed by atoms with E-state index in [1.807, 2.05) is 36.7 Å². The van der Waals surface area contributed by atoms with E-state index < -0.39 is 0 Å². The van der Waals surface area contributed by atoms with Crippen LogP contribution in [0.5, 0.6) is 11.5 Å². The van der Waals surface area contributed by atoms with Gasteiger partial charge in [-0.25, -0.2) is 0 Å². The van der Waals surface area contributed by atoms with E-state index in [0.29, 0.717) is 25.2 Å². The minimum absolute atomic E-state index is 0.294. The molecule has 1 aromatic carbocycles. The molecule has 0 spiro atoms. The van der Waals surface area contributed by atoms with Crippen molar-refractivity contribution in [3.8, 4) is 11.5 Å². The lowest BCUT2D eigenvalue weighted by atomic mass is 10.2. The molecule has 3 rings (SSSR count). The van der Waals surface area contributed by atoms with Crippen molar-refractivity contribution >= 4 is 5.96 Å². The third kappa shape index (κ3) is 4.94. The molecular formula is C20H30N6O2. The van der Waals surface area contributed by atoms with E-state index in [1.54, 1.807) is 14.2 Å². The molecule has 0 aliphatic heterocycles. The van der Waals surface area contributed by atoms with Crippen LogP contribution in [0, 0.1) is 6.92 Å². The smallest absolute Gasteiger partial charge is 0.191 e. The maximum atomic E-state index is 6.26. The van der Waals surface area contributed by atoms with E-state index in [9.17, 15) is 0 Å². The van der Waals surface area contributed by atoms with Gasteiger partial charge in [-0.15, -0.1) is 10.2 Å². The van der Waals surface area contributed by atoms with Crippen LogP contribution in [0.25, 0.3) is 0 Å². The second-order valence-electron chi connectivity index (χ2n) is 7.00. The second kappa shape index (κ2) is 9.43. The number of aromatic nitrogens is 3. The van der Waals surface area contributed by atoms with Crippen LogP contribution in [-0.4, -0.2) is 41.0 Å². The molecular weight excluding hydrogens is 356 g/mol. The maximum absolute atomic E-state index is 6.26. The van der Waals surface area contributed by atoms with Crippen LogP contribution < -0.4 is 20.1 Å². The normalized spacial score (nSPS) is 14.9. The molecule has 8 nitrogen and oxygen atoms in total. The molecule has 0 saturated heterocycles. The molecule has 1 fully saturated rings. The van der Waals surface area contributed by atoms with E-state index in [1.165, 1.54) is 12.8 Å². The first-order valence-electron chi connectivity index (χ1n) is 9.73. The Morgan fingerprint density at radius 2 is 1.96 bits per heavy atom. The number of hydrogen-bond donors (Lipinski definition) is 2. The lowest BCUT2D eigenvalue weighted by Gasteiger charge is -2.18. The fourth-order valence-electron chi connectivity index (χ4n) is 3.27. The minimum Gasteiger partial charge on any atom is -0.497 e. The number of aryl methyl sites for hydroxylation is 1. The van der Waals surface area contributed by atoms with Crippen LogP contribution in [0.3, 0.4) is 0 Å². The average molecular weight is 387 g/mol. The predicted molar refractivity (Wildman–Crippen MR) is 109 cm³/mol. The molecule has 1 aliphatic rings. The van der Waals surface area contributed by atoms with E-state index in [4.69, 9.17) is 9.47 Å². The number of benzene rings is 1. The predicted octanol–water partition coefficient (Wildman–Crippen LogP) is 2.32. The number of ether oxygens (including phenoxy) is 2. The summed E-state index contributed by atoms with van der Waals surface area (Å²) in [6.45, 7) is 3.08. The van der Waals surface area contributed by atoms with E-state index >= 15 is 0 Å². The van der Waals surface area contributed by atoms with E-state index in [2.05, 4.69) is 25.8 Å². The first-order chi connectivity index (χ1) is 13.6. The van der Waals surface area contributed by atoms with Crippen molar-refractivity contribution < 1.29 is 9.47 Å². The SMILES string of the molecule is CN=C(NCc1ccc(OC)cc1OC1CCCC1)NCc1nnc(C)n1C. The van der Waals surface area contributed by atoms with Crippen molar-refractivity contribution in [1.82, 2.24) is 25.4 Å². The van der Waals surface area contributed by atoms with Crippen molar-refractivity contribution in [1.29, 1.82) is 0 Å². The number of nitrogens with one attached hydrogen (secondary N) is 2. The molecule has 0 bridgehead atoms. The van der Waals surface area contributed by atoms with Crippen LogP contribution in [0.15, 0.2) is 23.2 Å². The zero-order valence-corrected chi connectivity index (χ0v) is 17.2. The molecule has 1 aromatic heterocycles. The first-order valence-corrected chi connectivity index (χ1v) is 9.73. The molecule has 28 heavy (non-hydrogen) atoms. The highest BCUT2D eigenvalue weighted by molar-refractivity contribution is 5.79. The number of guanidine groups is 1. The highest BCUT2D eigenvalue weighted by atomic mass is 16.5. The second-order valence-corrected chi connectivity index (χ2v) is 7.00. The Hall–Kier alpha value is -2.77. The van der Waals surface area contributed by atoms with Crippen molar-refractivity contribution in [3.63, 3.8) is 0 Å². The molecule has 1 heterocycles. The van der Waals surface area contributed by atoms with Gasteiger partial charge in [0, 0.05) is 32.3 Å². The molecule has 0 radical (unpaired) electrons. The van der Waals surface area contributed by atoms with Crippen LogP contribution in [-0.2, 0) is 20.1 Å². The van der Waals surface area contributed by atoms with Crippen LogP contribution >= 0.6 is 0 Å². The Morgan fingerprint density at radius 3 is 2.61 bits per heavy atom. The van der Waals surface area contributed by atoms with Crippen molar-refractivity contribution in [2.24, 2.45) is 12.0 Å². The monoisotopic (exact) mass is 386 g/mol. The molecule has 0 amide bonds. The molecule has 1 aliphatic carbocycles. The largest absolute Gasteiger partial charge is 0.497 e. The number of rotatable bonds is 7. The van der Waals surface area contributed by atoms with Gasteiger partial charge in [0.2, 0.25) is 0 Å². The Kier molecular flexibility index (Phi) is 6.73. The van der Waals surface area contributed by atoms with Crippen molar-refractivity contribution in [2.45, 2.75) is 51.8 Å². The van der Waals surface area contributed by atoms with Crippen molar-refractivity contribution in [2.75, 3.05) is 14.2 Å². The van der Waals surface area contributed by atoms with Crippen LogP contribution in [0.4, 0.5) is 0 Å². The highest BCUT2D eigenvalue weighted by Crippen LogP contribution is 2.29. The summed E-state index contributed by atoms with van der Waals surface area (Å²) < 4.78 is 13.6. The lowest BCUT2D eigenvalue weighted by Crippen LogP contribution is -2.37. The van der Waals surface area contributed by atoms with Gasteiger partial charge >= 0.3 is 0 Å². The standard InChI is InChI=1S/C20H30N6O2/c1-14-24-25-19(26(14)3)13-23-20(21-2)22-12-15-9-10-17(27-4)11-18(15)28-16-7-5-6-8-16/h9-11,16H,5-8,12-13H2,1-4H3,(H2,21,22,23). The first kappa shape index (κ1) is 20.0. The summed E-state index contributed by atoms with van der Waals surface area (Å²) >= 11 is 0. The quantitative estimate of drug-likeness (QED) is 0.561. The topological polar surface area (TPSA) is 85.6 Å². The van der Waals surface area contributed by atoms with Gasteiger partial charge in [-0.05, 0) is 44.7 Å². The average Bonchev–Trinajstić information content (AvgIpc) is 3.33. The van der Waals surface area contributed by atoms with Crippen molar-refractivity contribution in [3.05, 3.63) is 35.4 Å². The Balaban J connectivity index is 1.62. The zero-order chi connectivity index (χ0) is 19.9. The Bertz CT molecular complexity index is 811. The number of hydrogen-bond acceptors (Lipinski definition) is 5. The van der Waals surface area contributed by atoms with Gasteiger partial charge in [-0.1, -0.05) is 0 Å². The van der Waals surface area contributed by atoms with Gasteiger partial charge < -0.3 is 24.7 Å². The Morgan fingerprint density at radius 1 is 1.21 bits per heavy atom. The summed E-state index contributed by atoms with van der Waals surface area (Å²) in [5, 5.41) is 14.9. The number of nitrogens with zero attached hydrogens (tertiary/aromatic N) is 4.